The molecule has 0 aliphatic carbocycles. The molecule has 1 aliphatic rings. The number of likely N-dealkylation sites (N-methyl/N-ethyl adjacent to an activating group) is 1. The van der Waals surface area contributed by atoms with Gasteiger partial charge in [-0.2, -0.15) is 5.26 Å². The van der Waals surface area contributed by atoms with Crippen molar-refractivity contribution in [1.29, 1.82) is 5.26 Å². The van der Waals surface area contributed by atoms with E-state index in [0.29, 0.717) is 33.9 Å². The molecule has 1 saturated heterocycles. The zero-order chi connectivity index (χ0) is 22.6. The number of rotatable bonds is 3. The lowest BCUT2D eigenvalue weighted by Gasteiger charge is -2.27. The number of pyridine rings is 1. The molecule has 0 spiro atoms. The summed E-state index contributed by atoms with van der Waals surface area (Å²) in [6, 6.07) is 13.9. The maximum Gasteiger partial charge on any atom is 0.157 e. The van der Waals surface area contributed by atoms with E-state index in [-0.39, 0.29) is 0 Å². The van der Waals surface area contributed by atoms with Crippen LogP contribution in [0.4, 0.5) is 14.6 Å². The molecular formula is C25H23F2N5. The Bertz CT molecular complexity index is 1380. The van der Waals surface area contributed by atoms with Crippen molar-refractivity contribution in [3.8, 4) is 17.2 Å². The highest BCUT2D eigenvalue weighted by Crippen LogP contribution is 2.41. The van der Waals surface area contributed by atoms with Gasteiger partial charge in [0, 0.05) is 30.8 Å². The molecule has 0 amide bonds. The van der Waals surface area contributed by atoms with Gasteiger partial charge in [-0.15, -0.1) is 0 Å². The van der Waals surface area contributed by atoms with Crippen LogP contribution in [-0.4, -0.2) is 47.5 Å². The van der Waals surface area contributed by atoms with Crippen molar-refractivity contribution in [3.05, 3.63) is 65.2 Å². The maximum absolute atomic E-state index is 14.3. The Hall–Kier alpha value is -3.50. The average Bonchev–Trinajstić information content (AvgIpc) is 3.37. The number of para-hydroxylation sites is 2. The summed E-state index contributed by atoms with van der Waals surface area (Å²) in [4.78, 5) is 9.20. The molecule has 3 heterocycles. The Morgan fingerprint density at radius 2 is 1.84 bits per heavy atom. The molecule has 0 bridgehead atoms. The van der Waals surface area contributed by atoms with Gasteiger partial charge < -0.3 is 9.80 Å². The van der Waals surface area contributed by atoms with E-state index in [4.69, 9.17) is 4.98 Å². The van der Waals surface area contributed by atoms with Crippen LogP contribution in [0.1, 0.15) is 17.5 Å². The van der Waals surface area contributed by atoms with Gasteiger partial charge in [-0.3, -0.25) is 4.40 Å². The third-order valence-corrected chi connectivity index (χ3v) is 6.43. The Morgan fingerprint density at radius 1 is 1.12 bits per heavy atom. The lowest BCUT2D eigenvalue weighted by atomic mass is 9.97. The van der Waals surface area contributed by atoms with Gasteiger partial charge in [-0.05, 0) is 62.8 Å². The van der Waals surface area contributed by atoms with Gasteiger partial charge in [0.1, 0.15) is 23.5 Å². The number of hydrogen-bond donors (Lipinski definition) is 0. The molecule has 4 aromatic rings. The first kappa shape index (κ1) is 20.4. The van der Waals surface area contributed by atoms with Crippen molar-refractivity contribution in [2.24, 2.45) is 0 Å². The number of benzene rings is 2. The molecule has 1 fully saturated rings. The smallest absolute Gasteiger partial charge is 0.157 e. The van der Waals surface area contributed by atoms with E-state index in [1.807, 2.05) is 35.6 Å². The highest BCUT2D eigenvalue weighted by Gasteiger charge is 2.31. The molecule has 0 unspecified atom stereocenters. The summed E-state index contributed by atoms with van der Waals surface area (Å²) in [5.74, 6) is -0.474. The molecule has 7 heteroatoms. The predicted molar refractivity (Wildman–Crippen MR) is 122 cm³/mol. The molecule has 162 valence electrons. The predicted octanol–water partition coefficient (Wildman–Crippen LogP) is 4.75. The Balaban J connectivity index is 1.92. The number of halogens is 2. The number of aromatic nitrogens is 2. The van der Waals surface area contributed by atoms with Crippen LogP contribution in [0.5, 0.6) is 0 Å². The quantitative estimate of drug-likeness (QED) is 0.470. The summed E-state index contributed by atoms with van der Waals surface area (Å²) in [5, 5.41) is 10.0. The van der Waals surface area contributed by atoms with Crippen LogP contribution in [0.15, 0.2) is 42.5 Å². The van der Waals surface area contributed by atoms with E-state index in [0.717, 1.165) is 42.4 Å². The second-order valence-electron chi connectivity index (χ2n) is 8.58. The van der Waals surface area contributed by atoms with Crippen molar-refractivity contribution < 1.29 is 8.78 Å². The summed E-state index contributed by atoms with van der Waals surface area (Å²) < 4.78 is 30.5. The van der Waals surface area contributed by atoms with Crippen LogP contribution in [0.3, 0.4) is 0 Å². The lowest BCUT2D eigenvalue weighted by Crippen LogP contribution is -2.32. The minimum Gasteiger partial charge on any atom is -0.356 e. The maximum atomic E-state index is 14.3. The van der Waals surface area contributed by atoms with Gasteiger partial charge in [0.05, 0.1) is 16.6 Å². The Morgan fingerprint density at radius 3 is 2.50 bits per heavy atom. The molecule has 5 nitrogen and oxygen atoms in total. The molecular weight excluding hydrogens is 408 g/mol. The van der Waals surface area contributed by atoms with E-state index in [2.05, 4.69) is 30.0 Å². The third kappa shape index (κ3) is 3.10. The Labute approximate surface area is 185 Å². The van der Waals surface area contributed by atoms with Crippen LogP contribution < -0.4 is 4.90 Å². The fourth-order valence-electron chi connectivity index (χ4n) is 4.81. The van der Waals surface area contributed by atoms with E-state index < -0.39 is 11.6 Å². The topological polar surface area (TPSA) is 47.6 Å². The van der Waals surface area contributed by atoms with Crippen LogP contribution in [0.2, 0.25) is 0 Å². The highest BCUT2D eigenvalue weighted by molar-refractivity contribution is 5.92. The minimum absolute atomic E-state index is 0.355. The summed E-state index contributed by atoms with van der Waals surface area (Å²) >= 11 is 0. The van der Waals surface area contributed by atoms with Gasteiger partial charge in [-0.1, -0.05) is 12.1 Å². The number of anilines is 1. The monoisotopic (exact) mass is 431 g/mol. The highest BCUT2D eigenvalue weighted by atomic mass is 19.1. The first-order valence-corrected chi connectivity index (χ1v) is 10.6. The van der Waals surface area contributed by atoms with Gasteiger partial charge in [-0.25, -0.2) is 13.8 Å². The van der Waals surface area contributed by atoms with Gasteiger partial charge in [0.15, 0.2) is 5.65 Å². The van der Waals surface area contributed by atoms with Crippen molar-refractivity contribution in [3.63, 3.8) is 0 Å². The third-order valence-electron chi connectivity index (χ3n) is 6.43. The lowest BCUT2D eigenvalue weighted by molar-refractivity contribution is 0.315. The fourth-order valence-corrected chi connectivity index (χ4v) is 4.81. The number of fused-ring (bicyclic) bond motifs is 3. The number of imidazole rings is 1. The van der Waals surface area contributed by atoms with Crippen molar-refractivity contribution in [2.45, 2.75) is 19.4 Å². The average molecular weight is 431 g/mol. The van der Waals surface area contributed by atoms with Gasteiger partial charge in [0.25, 0.3) is 0 Å². The van der Waals surface area contributed by atoms with Gasteiger partial charge in [0.2, 0.25) is 0 Å². The van der Waals surface area contributed by atoms with Crippen molar-refractivity contribution >= 4 is 22.5 Å². The second kappa shape index (κ2) is 7.57. The number of nitriles is 1. The normalized spacial score (nSPS) is 16.4. The van der Waals surface area contributed by atoms with Crippen molar-refractivity contribution in [1.82, 2.24) is 14.3 Å². The molecule has 32 heavy (non-hydrogen) atoms. The molecule has 0 saturated carbocycles. The van der Waals surface area contributed by atoms with E-state index in [9.17, 15) is 14.0 Å². The second-order valence-corrected chi connectivity index (χ2v) is 8.58. The van der Waals surface area contributed by atoms with Gasteiger partial charge >= 0.3 is 0 Å². The first-order chi connectivity index (χ1) is 15.4. The van der Waals surface area contributed by atoms with E-state index >= 15 is 0 Å². The summed E-state index contributed by atoms with van der Waals surface area (Å²) in [6.45, 7) is 3.39. The Kier molecular flexibility index (Phi) is 4.83. The van der Waals surface area contributed by atoms with Crippen LogP contribution >= 0.6 is 0 Å². The summed E-state index contributed by atoms with van der Waals surface area (Å²) in [5.41, 5.74) is 4.36. The van der Waals surface area contributed by atoms with E-state index in [1.165, 1.54) is 12.1 Å². The fraction of sp³-hybridized carbons (Fsp3) is 0.280. The van der Waals surface area contributed by atoms with Crippen LogP contribution in [0.25, 0.3) is 27.8 Å². The van der Waals surface area contributed by atoms with Crippen molar-refractivity contribution in [2.75, 3.05) is 32.1 Å². The zero-order valence-corrected chi connectivity index (χ0v) is 18.2. The minimum atomic E-state index is -0.646. The molecule has 5 rings (SSSR count). The molecule has 2 aromatic carbocycles. The zero-order valence-electron chi connectivity index (χ0n) is 18.2. The number of nitrogens with zero attached hydrogens (tertiary/aromatic N) is 5. The summed E-state index contributed by atoms with van der Waals surface area (Å²) in [6.07, 6.45) is 0.969. The van der Waals surface area contributed by atoms with Crippen LogP contribution in [0, 0.1) is 29.9 Å². The number of hydrogen-bond acceptors (Lipinski definition) is 4. The van der Waals surface area contributed by atoms with Crippen LogP contribution in [-0.2, 0) is 0 Å². The molecule has 1 aliphatic heterocycles. The summed E-state index contributed by atoms with van der Waals surface area (Å²) in [7, 11) is 4.12. The molecule has 0 radical (unpaired) electrons. The SMILES string of the molecule is Cc1c(-c2cc(F)cc(F)c2)c(N2CC[C@H](N(C)C)C2)n2c(nc3ccccc32)c1C#N. The first-order valence-electron chi connectivity index (χ1n) is 10.6. The molecule has 0 N–H and O–H groups in total. The molecule has 1 atom stereocenters. The molecule has 2 aromatic heterocycles. The van der Waals surface area contributed by atoms with E-state index in [1.54, 1.807) is 0 Å². The largest absolute Gasteiger partial charge is 0.356 e. The standard InChI is InChI=1S/C25H23F2N5/c1-15-20(13-28)24-29-21-6-4-5-7-22(21)32(24)25(31-9-8-19(14-31)30(2)3)23(15)16-10-17(26)12-18(27)11-16/h4-7,10-12,19H,8-9,14H2,1-3H3/t19-/m0/s1.